The highest BCUT2D eigenvalue weighted by molar-refractivity contribution is 6.09. The smallest absolute Gasteiger partial charge is 0.189 e. The lowest BCUT2D eigenvalue weighted by atomic mass is 10.0. The zero-order chi connectivity index (χ0) is 17.7. The van der Waals surface area contributed by atoms with Crippen LogP contribution in [0, 0.1) is 13.8 Å². The van der Waals surface area contributed by atoms with Crippen LogP contribution >= 0.6 is 0 Å². The minimum absolute atomic E-state index is 0.186. The van der Waals surface area contributed by atoms with Gasteiger partial charge in [0.05, 0.1) is 26.4 Å². The molecule has 0 spiro atoms. The van der Waals surface area contributed by atoms with Gasteiger partial charge in [0, 0.05) is 5.56 Å². The summed E-state index contributed by atoms with van der Waals surface area (Å²) in [6.45, 7) is 3.86. The largest absolute Gasteiger partial charge is 0.492 e. The number of methoxy groups -OCH3 is 2. The summed E-state index contributed by atoms with van der Waals surface area (Å²) in [7, 11) is 2.96. The molecule has 1 N–H and O–H groups in total. The third-order valence-corrected chi connectivity index (χ3v) is 3.88. The average Bonchev–Trinajstić information content (AvgIpc) is 2.59. The first-order valence-corrected chi connectivity index (χ1v) is 7.66. The van der Waals surface area contributed by atoms with Gasteiger partial charge in [-0.25, -0.2) is 0 Å². The van der Waals surface area contributed by atoms with Crippen LogP contribution in [0.1, 0.15) is 32.6 Å². The zero-order valence-corrected chi connectivity index (χ0v) is 14.4. The maximum absolute atomic E-state index is 12.6. The van der Waals surface area contributed by atoms with Gasteiger partial charge in [0.15, 0.2) is 17.3 Å². The summed E-state index contributed by atoms with van der Waals surface area (Å²) in [6, 6.07) is 9.38. The Balaban J connectivity index is 2.37. The molecular formula is C20H22O4. The highest BCUT2D eigenvalue weighted by Gasteiger charge is 2.18. The molecule has 0 aromatic heterocycles. The molecule has 2 aromatic rings. The van der Waals surface area contributed by atoms with E-state index < -0.39 is 0 Å². The Morgan fingerprint density at radius 2 is 1.79 bits per heavy atom. The van der Waals surface area contributed by atoms with Gasteiger partial charge in [-0.2, -0.15) is 0 Å². The molecule has 0 saturated carbocycles. The van der Waals surface area contributed by atoms with Crippen molar-refractivity contribution in [3.8, 4) is 11.5 Å². The van der Waals surface area contributed by atoms with Crippen molar-refractivity contribution in [1.29, 1.82) is 0 Å². The Hall–Kier alpha value is -2.59. The Bertz CT molecular complexity index is 775. The van der Waals surface area contributed by atoms with Gasteiger partial charge in [-0.05, 0) is 37.1 Å². The molecule has 0 bridgehead atoms. The van der Waals surface area contributed by atoms with Crippen LogP contribution in [0.2, 0.25) is 0 Å². The molecule has 2 rings (SSSR count). The van der Waals surface area contributed by atoms with Gasteiger partial charge in [0.1, 0.15) is 0 Å². The molecule has 0 aliphatic carbocycles. The second-order valence-electron chi connectivity index (χ2n) is 5.55. The highest BCUT2D eigenvalue weighted by atomic mass is 16.5. The number of aliphatic hydroxyl groups is 1. The van der Waals surface area contributed by atoms with Gasteiger partial charge in [0.25, 0.3) is 0 Å². The van der Waals surface area contributed by atoms with E-state index in [-0.39, 0.29) is 12.4 Å². The summed E-state index contributed by atoms with van der Waals surface area (Å²) in [5, 5.41) is 9.37. The lowest BCUT2D eigenvalue weighted by Crippen LogP contribution is -2.04. The molecule has 4 nitrogen and oxygen atoms in total. The summed E-state index contributed by atoms with van der Waals surface area (Å²) >= 11 is 0. The monoisotopic (exact) mass is 326 g/mol. The number of ketones is 1. The molecule has 0 amide bonds. The number of allylic oxidation sites excluding steroid dienone is 1. The summed E-state index contributed by atoms with van der Waals surface area (Å²) in [5.41, 5.74) is 4.25. The topological polar surface area (TPSA) is 55.8 Å². The van der Waals surface area contributed by atoms with Gasteiger partial charge in [0.2, 0.25) is 0 Å². The Morgan fingerprint density at radius 1 is 1.08 bits per heavy atom. The van der Waals surface area contributed by atoms with Crippen molar-refractivity contribution in [2.24, 2.45) is 0 Å². The number of hydrogen-bond acceptors (Lipinski definition) is 4. The fourth-order valence-corrected chi connectivity index (χ4v) is 2.62. The lowest BCUT2D eigenvalue weighted by Gasteiger charge is -2.14. The molecule has 4 heteroatoms. The number of ether oxygens (including phenoxy) is 2. The number of aliphatic hydroxyl groups excluding tert-OH is 1. The first-order chi connectivity index (χ1) is 11.5. The average molecular weight is 326 g/mol. The van der Waals surface area contributed by atoms with Crippen molar-refractivity contribution in [3.05, 3.63) is 64.2 Å². The fourth-order valence-electron chi connectivity index (χ4n) is 2.62. The van der Waals surface area contributed by atoms with E-state index in [1.165, 1.54) is 25.9 Å². The summed E-state index contributed by atoms with van der Waals surface area (Å²) < 4.78 is 10.6. The standard InChI is InChI=1S/C20H22O4/c1-13-5-6-15(14(2)11-13)8-10-18(22)17-9-7-16(12-21)19(23-3)20(17)24-4/h5-11,21H,12H2,1-4H3/b10-8+. The van der Waals surface area contributed by atoms with Crippen LogP contribution in [0.3, 0.4) is 0 Å². The number of carbonyl (C=O) groups excluding carboxylic acids is 1. The predicted octanol–water partition coefficient (Wildman–Crippen LogP) is 3.71. The second kappa shape index (κ2) is 7.79. The molecule has 0 fully saturated rings. The van der Waals surface area contributed by atoms with E-state index >= 15 is 0 Å². The van der Waals surface area contributed by atoms with Crippen molar-refractivity contribution in [2.75, 3.05) is 14.2 Å². The second-order valence-corrected chi connectivity index (χ2v) is 5.55. The van der Waals surface area contributed by atoms with Crippen LogP contribution < -0.4 is 9.47 Å². The molecule has 0 saturated heterocycles. The van der Waals surface area contributed by atoms with Gasteiger partial charge in [-0.15, -0.1) is 0 Å². The number of hydrogen-bond donors (Lipinski definition) is 1. The molecule has 0 atom stereocenters. The molecule has 0 radical (unpaired) electrons. The van der Waals surface area contributed by atoms with Crippen LogP contribution in [0.25, 0.3) is 6.08 Å². The molecule has 2 aromatic carbocycles. The van der Waals surface area contributed by atoms with Crippen molar-refractivity contribution in [2.45, 2.75) is 20.5 Å². The zero-order valence-electron chi connectivity index (χ0n) is 14.4. The SMILES string of the molecule is COc1c(CO)ccc(C(=O)/C=C/c2ccc(C)cc2C)c1OC. The maximum Gasteiger partial charge on any atom is 0.189 e. The molecule has 0 heterocycles. The van der Waals surface area contributed by atoms with Crippen LogP contribution in [0.15, 0.2) is 36.4 Å². The Kier molecular flexibility index (Phi) is 5.77. The van der Waals surface area contributed by atoms with E-state index in [1.54, 1.807) is 18.2 Å². The van der Waals surface area contributed by atoms with Crippen molar-refractivity contribution < 1.29 is 19.4 Å². The minimum atomic E-state index is -0.188. The fraction of sp³-hybridized carbons (Fsp3) is 0.250. The van der Waals surface area contributed by atoms with E-state index in [1.807, 2.05) is 26.0 Å². The van der Waals surface area contributed by atoms with E-state index in [2.05, 4.69) is 6.07 Å². The third kappa shape index (κ3) is 3.66. The molecular weight excluding hydrogens is 304 g/mol. The van der Waals surface area contributed by atoms with Crippen LogP contribution in [-0.2, 0) is 6.61 Å². The Morgan fingerprint density at radius 3 is 2.38 bits per heavy atom. The van der Waals surface area contributed by atoms with Gasteiger partial charge in [-0.3, -0.25) is 4.79 Å². The normalized spacial score (nSPS) is 10.9. The first kappa shape index (κ1) is 17.8. The maximum atomic E-state index is 12.6. The van der Waals surface area contributed by atoms with Crippen LogP contribution in [0.4, 0.5) is 0 Å². The quantitative estimate of drug-likeness (QED) is 0.649. The van der Waals surface area contributed by atoms with Crippen molar-refractivity contribution in [1.82, 2.24) is 0 Å². The van der Waals surface area contributed by atoms with E-state index in [4.69, 9.17) is 9.47 Å². The number of rotatable bonds is 6. The van der Waals surface area contributed by atoms with Crippen LogP contribution in [0.5, 0.6) is 11.5 Å². The Labute approximate surface area is 142 Å². The predicted molar refractivity (Wildman–Crippen MR) is 94.7 cm³/mol. The molecule has 0 unspecified atom stereocenters. The van der Waals surface area contributed by atoms with E-state index in [0.717, 1.165) is 11.1 Å². The highest BCUT2D eigenvalue weighted by Crippen LogP contribution is 2.35. The number of aryl methyl sites for hydroxylation is 2. The van der Waals surface area contributed by atoms with E-state index in [9.17, 15) is 9.90 Å². The summed E-state index contributed by atoms with van der Waals surface area (Å²) in [6.07, 6.45) is 3.32. The van der Waals surface area contributed by atoms with Gasteiger partial charge in [-0.1, -0.05) is 35.9 Å². The van der Waals surface area contributed by atoms with Gasteiger partial charge < -0.3 is 14.6 Å². The minimum Gasteiger partial charge on any atom is -0.492 e. The number of benzene rings is 2. The number of carbonyl (C=O) groups is 1. The van der Waals surface area contributed by atoms with Crippen molar-refractivity contribution in [3.63, 3.8) is 0 Å². The van der Waals surface area contributed by atoms with E-state index in [0.29, 0.717) is 22.6 Å². The molecule has 0 aliphatic rings. The summed E-state index contributed by atoms with van der Waals surface area (Å²) in [4.78, 5) is 12.6. The third-order valence-electron chi connectivity index (χ3n) is 3.88. The lowest BCUT2D eigenvalue weighted by molar-refractivity contribution is 0.104. The first-order valence-electron chi connectivity index (χ1n) is 7.66. The molecule has 0 aliphatic heterocycles. The molecule has 126 valence electrons. The summed E-state index contributed by atoms with van der Waals surface area (Å²) in [5.74, 6) is 0.528. The van der Waals surface area contributed by atoms with Crippen molar-refractivity contribution >= 4 is 11.9 Å². The van der Waals surface area contributed by atoms with Gasteiger partial charge >= 0.3 is 0 Å². The molecule has 24 heavy (non-hydrogen) atoms. The van der Waals surface area contributed by atoms with Crippen LogP contribution in [-0.4, -0.2) is 25.1 Å².